The fraction of sp³-hybridized carbons (Fsp3) is 0.421. The fourth-order valence-corrected chi connectivity index (χ4v) is 3.93. The minimum Gasteiger partial charge on any atom is -0.481 e. The zero-order valence-electron chi connectivity index (χ0n) is 14.7. The van der Waals surface area contributed by atoms with Gasteiger partial charge in [0.2, 0.25) is 0 Å². The minimum atomic E-state index is -0.779. The van der Waals surface area contributed by atoms with Crippen molar-refractivity contribution in [1.29, 1.82) is 0 Å². The van der Waals surface area contributed by atoms with E-state index in [4.69, 9.17) is 5.11 Å². The molecule has 1 aromatic heterocycles. The second-order valence-corrected chi connectivity index (χ2v) is 7.55. The molecule has 1 aliphatic heterocycles. The Hall–Kier alpha value is -2.28. The van der Waals surface area contributed by atoms with Crippen molar-refractivity contribution in [2.24, 2.45) is 0 Å². The van der Waals surface area contributed by atoms with Crippen LogP contribution in [0.2, 0.25) is 0 Å². The highest BCUT2D eigenvalue weighted by Gasteiger charge is 2.16. The number of hydrogen-bond donors (Lipinski definition) is 2. The van der Waals surface area contributed by atoms with Crippen LogP contribution < -0.4 is 10.2 Å². The van der Waals surface area contributed by atoms with Crippen molar-refractivity contribution < 1.29 is 9.90 Å². The second kappa shape index (κ2) is 9.43. The molecule has 1 atom stereocenters. The monoisotopic (exact) mass is 372 g/mol. The normalized spacial score (nSPS) is 15.5. The van der Waals surface area contributed by atoms with Crippen molar-refractivity contribution in [2.75, 3.05) is 34.8 Å². The molecule has 0 radical (unpaired) electrons. The van der Waals surface area contributed by atoms with E-state index in [1.165, 1.54) is 5.56 Å². The number of anilines is 2. The molecule has 0 aliphatic carbocycles. The zero-order valence-corrected chi connectivity index (χ0v) is 15.5. The van der Waals surface area contributed by atoms with Gasteiger partial charge in [-0.1, -0.05) is 30.3 Å². The first-order valence-electron chi connectivity index (χ1n) is 8.88. The van der Waals surface area contributed by atoms with Gasteiger partial charge in [-0.3, -0.25) is 4.79 Å². The van der Waals surface area contributed by atoms with Crippen LogP contribution in [-0.4, -0.2) is 51.7 Å². The summed E-state index contributed by atoms with van der Waals surface area (Å²) in [7, 11) is 0. The van der Waals surface area contributed by atoms with E-state index in [9.17, 15) is 4.79 Å². The van der Waals surface area contributed by atoms with E-state index in [0.717, 1.165) is 42.7 Å². The molecule has 0 bridgehead atoms. The molecule has 7 heteroatoms. The van der Waals surface area contributed by atoms with Crippen molar-refractivity contribution in [3.05, 3.63) is 48.3 Å². The van der Waals surface area contributed by atoms with Gasteiger partial charge < -0.3 is 15.3 Å². The lowest BCUT2D eigenvalue weighted by Crippen LogP contribution is -2.33. The summed E-state index contributed by atoms with van der Waals surface area (Å²) in [4.78, 5) is 22.0. The molecule has 1 aliphatic rings. The molecule has 138 valence electrons. The molecule has 3 rings (SSSR count). The van der Waals surface area contributed by atoms with Crippen LogP contribution >= 0.6 is 11.8 Å². The minimum absolute atomic E-state index is 0.00756. The SMILES string of the molecule is O=C(O)CCC(Cc1ccccc1)Nc1cc(N2CCSCC2)ncn1. The summed E-state index contributed by atoms with van der Waals surface area (Å²) >= 11 is 1.96. The topological polar surface area (TPSA) is 78.4 Å². The number of carbonyl (C=O) groups is 1. The summed E-state index contributed by atoms with van der Waals surface area (Å²) in [6.45, 7) is 1.99. The number of benzene rings is 1. The molecule has 0 saturated carbocycles. The van der Waals surface area contributed by atoms with E-state index in [-0.39, 0.29) is 12.5 Å². The summed E-state index contributed by atoms with van der Waals surface area (Å²) in [5.41, 5.74) is 1.18. The van der Waals surface area contributed by atoms with Gasteiger partial charge in [-0.15, -0.1) is 0 Å². The lowest BCUT2D eigenvalue weighted by molar-refractivity contribution is -0.137. The molecule has 1 aromatic carbocycles. The predicted octanol–water partition coefficient (Wildman–Crippen LogP) is 2.92. The fourth-order valence-electron chi connectivity index (χ4n) is 3.02. The van der Waals surface area contributed by atoms with Gasteiger partial charge in [-0.25, -0.2) is 9.97 Å². The lowest BCUT2D eigenvalue weighted by Gasteiger charge is -2.27. The summed E-state index contributed by atoms with van der Waals surface area (Å²) in [6.07, 6.45) is 3.01. The van der Waals surface area contributed by atoms with E-state index in [0.29, 0.717) is 6.42 Å². The highest BCUT2D eigenvalue weighted by Crippen LogP contribution is 2.20. The predicted molar refractivity (Wildman–Crippen MR) is 106 cm³/mol. The molecule has 6 nitrogen and oxygen atoms in total. The molecule has 2 aromatic rings. The molecule has 2 heterocycles. The highest BCUT2D eigenvalue weighted by molar-refractivity contribution is 7.99. The van der Waals surface area contributed by atoms with Crippen LogP contribution in [0.25, 0.3) is 0 Å². The van der Waals surface area contributed by atoms with E-state index in [1.54, 1.807) is 6.33 Å². The number of nitrogens with one attached hydrogen (secondary N) is 1. The Bertz CT molecular complexity index is 708. The highest BCUT2D eigenvalue weighted by atomic mass is 32.2. The van der Waals surface area contributed by atoms with Gasteiger partial charge in [0.05, 0.1) is 0 Å². The number of thioether (sulfide) groups is 1. The Morgan fingerprint density at radius 3 is 2.73 bits per heavy atom. The van der Waals surface area contributed by atoms with Gasteiger partial charge in [0.15, 0.2) is 0 Å². The molecule has 1 saturated heterocycles. The average molecular weight is 372 g/mol. The van der Waals surface area contributed by atoms with Crippen LogP contribution in [0.3, 0.4) is 0 Å². The van der Waals surface area contributed by atoms with Gasteiger partial charge in [-0.2, -0.15) is 11.8 Å². The maximum Gasteiger partial charge on any atom is 0.303 e. The Morgan fingerprint density at radius 1 is 1.23 bits per heavy atom. The molecule has 26 heavy (non-hydrogen) atoms. The van der Waals surface area contributed by atoms with Crippen molar-refractivity contribution in [3.63, 3.8) is 0 Å². The average Bonchev–Trinajstić information content (AvgIpc) is 2.68. The van der Waals surface area contributed by atoms with Crippen molar-refractivity contribution >= 4 is 29.4 Å². The molecule has 0 amide bonds. The van der Waals surface area contributed by atoms with Crippen molar-refractivity contribution in [1.82, 2.24) is 9.97 Å². The third-order valence-corrected chi connectivity index (χ3v) is 5.31. The Balaban J connectivity index is 1.69. The van der Waals surface area contributed by atoms with Crippen LogP contribution in [-0.2, 0) is 11.2 Å². The first-order chi connectivity index (χ1) is 12.7. The van der Waals surface area contributed by atoms with Gasteiger partial charge >= 0.3 is 5.97 Å². The summed E-state index contributed by atoms with van der Waals surface area (Å²) in [5, 5.41) is 12.5. The largest absolute Gasteiger partial charge is 0.481 e. The third kappa shape index (κ3) is 5.62. The molecule has 1 fully saturated rings. The maximum absolute atomic E-state index is 11.0. The van der Waals surface area contributed by atoms with Crippen molar-refractivity contribution in [3.8, 4) is 0 Å². The van der Waals surface area contributed by atoms with Gasteiger partial charge in [-0.05, 0) is 18.4 Å². The van der Waals surface area contributed by atoms with E-state index < -0.39 is 5.97 Å². The summed E-state index contributed by atoms with van der Waals surface area (Å²) < 4.78 is 0. The van der Waals surface area contributed by atoms with E-state index >= 15 is 0 Å². The van der Waals surface area contributed by atoms with Crippen LogP contribution in [0.4, 0.5) is 11.6 Å². The second-order valence-electron chi connectivity index (χ2n) is 6.32. The van der Waals surface area contributed by atoms with Crippen LogP contribution in [0.15, 0.2) is 42.7 Å². The molecular weight excluding hydrogens is 348 g/mol. The quantitative estimate of drug-likeness (QED) is 0.737. The molecule has 1 unspecified atom stereocenters. The van der Waals surface area contributed by atoms with Crippen LogP contribution in [0.1, 0.15) is 18.4 Å². The zero-order chi connectivity index (χ0) is 18.2. The summed E-state index contributed by atoms with van der Waals surface area (Å²) in [5.74, 6) is 3.13. The maximum atomic E-state index is 11.0. The summed E-state index contributed by atoms with van der Waals surface area (Å²) in [6, 6.07) is 12.1. The standard InChI is InChI=1S/C19H24N4O2S/c24-19(25)7-6-16(12-15-4-2-1-3-5-15)22-17-13-18(21-14-20-17)23-8-10-26-11-9-23/h1-5,13-14,16H,6-12H2,(H,24,25)(H,20,21,22). The molecule has 2 N–H and O–H groups in total. The van der Waals surface area contributed by atoms with Crippen LogP contribution in [0.5, 0.6) is 0 Å². The Labute approximate surface area is 158 Å². The van der Waals surface area contributed by atoms with E-state index in [1.807, 2.05) is 36.0 Å². The van der Waals surface area contributed by atoms with Gasteiger partial charge in [0, 0.05) is 43.1 Å². The molecular formula is C19H24N4O2S. The number of aromatic nitrogens is 2. The molecule has 0 spiro atoms. The first-order valence-corrected chi connectivity index (χ1v) is 10.0. The van der Waals surface area contributed by atoms with E-state index in [2.05, 4.69) is 32.3 Å². The number of rotatable bonds is 8. The van der Waals surface area contributed by atoms with Gasteiger partial charge in [0.25, 0.3) is 0 Å². The number of aliphatic carboxylic acids is 1. The number of hydrogen-bond acceptors (Lipinski definition) is 6. The smallest absolute Gasteiger partial charge is 0.303 e. The van der Waals surface area contributed by atoms with Crippen molar-refractivity contribution in [2.45, 2.75) is 25.3 Å². The third-order valence-electron chi connectivity index (χ3n) is 4.37. The Morgan fingerprint density at radius 2 is 2.00 bits per heavy atom. The number of carboxylic acid groups (broad SMARTS) is 1. The van der Waals surface area contributed by atoms with Gasteiger partial charge in [0.1, 0.15) is 18.0 Å². The van der Waals surface area contributed by atoms with Crippen LogP contribution in [0, 0.1) is 0 Å². The Kier molecular flexibility index (Phi) is 6.71. The lowest BCUT2D eigenvalue weighted by atomic mass is 10.0. The number of nitrogens with zero attached hydrogens (tertiary/aromatic N) is 3. The number of carboxylic acids is 1. The first kappa shape index (κ1) is 18.5.